The van der Waals surface area contributed by atoms with Gasteiger partial charge in [0.2, 0.25) is 5.91 Å². The zero-order chi connectivity index (χ0) is 10.1. The summed E-state index contributed by atoms with van der Waals surface area (Å²) >= 11 is 0. The van der Waals surface area contributed by atoms with Crippen molar-refractivity contribution < 1.29 is 22.8 Å². The van der Waals surface area contributed by atoms with Crippen LogP contribution in [0, 0.1) is 0 Å². The third-order valence-electron chi connectivity index (χ3n) is 1.51. The molecule has 74 valence electrons. The summed E-state index contributed by atoms with van der Waals surface area (Å²) in [5, 5.41) is 1.80. The molecule has 7 heteroatoms. The largest absolute Gasteiger partial charge is 0.406 e. The van der Waals surface area contributed by atoms with Crippen molar-refractivity contribution in [2.75, 3.05) is 13.1 Å². The fraction of sp³-hybridized carbons (Fsp3) is 0.667. The standard InChI is InChI=1S/C6H7F3N2O2/c7-6(8,9)3-11-2-1-4(12)10-5(11)13/h1-3H2,(H,10,12,13). The Morgan fingerprint density at radius 1 is 1.38 bits per heavy atom. The monoisotopic (exact) mass is 196 g/mol. The number of amides is 3. The van der Waals surface area contributed by atoms with Crippen LogP contribution in [0.5, 0.6) is 0 Å². The van der Waals surface area contributed by atoms with Crippen molar-refractivity contribution in [1.82, 2.24) is 10.2 Å². The molecule has 3 amide bonds. The van der Waals surface area contributed by atoms with Crippen molar-refractivity contribution in [2.24, 2.45) is 0 Å². The first kappa shape index (κ1) is 9.82. The molecule has 0 bridgehead atoms. The number of hydrogen-bond acceptors (Lipinski definition) is 2. The average molecular weight is 196 g/mol. The summed E-state index contributed by atoms with van der Waals surface area (Å²) in [5.41, 5.74) is 0. The van der Waals surface area contributed by atoms with Crippen LogP contribution in [0.4, 0.5) is 18.0 Å². The van der Waals surface area contributed by atoms with Crippen molar-refractivity contribution in [3.05, 3.63) is 0 Å². The van der Waals surface area contributed by atoms with Crippen LogP contribution in [-0.4, -0.2) is 36.1 Å². The molecule has 13 heavy (non-hydrogen) atoms. The second kappa shape index (κ2) is 3.23. The molecule has 0 unspecified atom stereocenters. The predicted molar refractivity (Wildman–Crippen MR) is 35.8 cm³/mol. The van der Waals surface area contributed by atoms with Crippen molar-refractivity contribution >= 4 is 11.9 Å². The van der Waals surface area contributed by atoms with Gasteiger partial charge in [0.1, 0.15) is 6.54 Å². The molecule has 0 atom stereocenters. The van der Waals surface area contributed by atoms with Crippen molar-refractivity contribution in [1.29, 1.82) is 0 Å². The van der Waals surface area contributed by atoms with Crippen LogP contribution < -0.4 is 5.32 Å². The Hall–Kier alpha value is -1.27. The van der Waals surface area contributed by atoms with Gasteiger partial charge in [-0.25, -0.2) is 4.79 Å². The number of urea groups is 1. The maximum absolute atomic E-state index is 11.8. The minimum Gasteiger partial charge on any atom is -0.315 e. The maximum atomic E-state index is 11.8. The SMILES string of the molecule is O=C1CCN(CC(F)(F)F)C(=O)N1. The minimum atomic E-state index is -4.42. The van der Waals surface area contributed by atoms with Crippen LogP contribution in [0.3, 0.4) is 0 Å². The van der Waals surface area contributed by atoms with Gasteiger partial charge in [-0.1, -0.05) is 0 Å². The van der Waals surface area contributed by atoms with E-state index in [9.17, 15) is 22.8 Å². The number of alkyl halides is 3. The van der Waals surface area contributed by atoms with E-state index in [1.165, 1.54) is 0 Å². The van der Waals surface area contributed by atoms with Crippen molar-refractivity contribution in [3.8, 4) is 0 Å². The van der Waals surface area contributed by atoms with Crippen LogP contribution in [-0.2, 0) is 4.79 Å². The zero-order valence-electron chi connectivity index (χ0n) is 6.52. The van der Waals surface area contributed by atoms with E-state index in [0.29, 0.717) is 4.90 Å². The van der Waals surface area contributed by atoms with Crippen LogP contribution in [0.25, 0.3) is 0 Å². The number of nitrogens with one attached hydrogen (secondary N) is 1. The number of nitrogens with zero attached hydrogens (tertiary/aromatic N) is 1. The van der Waals surface area contributed by atoms with Crippen LogP contribution >= 0.6 is 0 Å². The quantitative estimate of drug-likeness (QED) is 0.663. The van der Waals surface area contributed by atoms with E-state index in [1.807, 2.05) is 0 Å². The summed E-state index contributed by atoms with van der Waals surface area (Å²) in [6.45, 7) is -1.49. The zero-order valence-corrected chi connectivity index (χ0v) is 6.52. The van der Waals surface area contributed by atoms with E-state index in [-0.39, 0.29) is 13.0 Å². The van der Waals surface area contributed by atoms with Gasteiger partial charge in [0.15, 0.2) is 0 Å². The second-order valence-corrected chi connectivity index (χ2v) is 2.64. The molecule has 1 rings (SSSR count). The minimum absolute atomic E-state index is 0.0815. The predicted octanol–water partition coefficient (Wildman–Crippen LogP) is 0.491. The van der Waals surface area contributed by atoms with Crippen LogP contribution in [0.1, 0.15) is 6.42 Å². The molecule has 1 aliphatic heterocycles. The van der Waals surface area contributed by atoms with Gasteiger partial charge in [-0.2, -0.15) is 13.2 Å². The first-order valence-electron chi connectivity index (χ1n) is 3.54. The highest BCUT2D eigenvalue weighted by Crippen LogP contribution is 2.17. The molecule has 0 aromatic heterocycles. The molecule has 0 spiro atoms. The van der Waals surface area contributed by atoms with Gasteiger partial charge >= 0.3 is 12.2 Å². The number of carbonyl (C=O) groups excluding carboxylic acids is 2. The highest BCUT2D eigenvalue weighted by Gasteiger charge is 2.35. The Bertz CT molecular complexity index is 239. The Kier molecular flexibility index (Phi) is 2.44. The molecule has 1 heterocycles. The molecule has 0 aromatic rings. The van der Waals surface area contributed by atoms with Crippen molar-refractivity contribution in [2.45, 2.75) is 12.6 Å². The molecular weight excluding hydrogens is 189 g/mol. The summed E-state index contributed by atoms with van der Waals surface area (Å²) in [6.07, 6.45) is -4.50. The van der Waals surface area contributed by atoms with E-state index >= 15 is 0 Å². The highest BCUT2D eigenvalue weighted by molar-refractivity contribution is 5.96. The normalized spacial score (nSPS) is 18.8. The number of hydrogen-bond donors (Lipinski definition) is 1. The molecule has 0 aliphatic carbocycles. The maximum Gasteiger partial charge on any atom is 0.406 e. The summed E-state index contributed by atoms with van der Waals surface area (Å²) in [6, 6.07) is -0.978. The van der Waals surface area contributed by atoms with Gasteiger partial charge in [-0.15, -0.1) is 0 Å². The first-order chi connectivity index (χ1) is 5.88. The lowest BCUT2D eigenvalue weighted by molar-refractivity contribution is -0.143. The van der Waals surface area contributed by atoms with E-state index in [1.54, 1.807) is 5.32 Å². The molecule has 1 N–H and O–H groups in total. The lowest BCUT2D eigenvalue weighted by Gasteiger charge is -2.27. The Labute approximate surface area is 71.7 Å². The van der Waals surface area contributed by atoms with Gasteiger partial charge in [-0.05, 0) is 0 Å². The molecule has 1 aliphatic rings. The summed E-state index contributed by atoms with van der Waals surface area (Å²) < 4.78 is 35.4. The van der Waals surface area contributed by atoms with E-state index < -0.39 is 24.7 Å². The summed E-state index contributed by atoms with van der Waals surface area (Å²) in [7, 11) is 0. The summed E-state index contributed by atoms with van der Waals surface area (Å²) in [4.78, 5) is 21.9. The van der Waals surface area contributed by atoms with Crippen molar-refractivity contribution in [3.63, 3.8) is 0 Å². The Balaban J connectivity index is 2.52. The van der Waals surface area contributed by atoms with Gasteiger partial charge in [0.05, 0.1) is 0 Å². The van der Waals surface area contributed by atoms with Gasteiger partial charge in [-0.3, -0.25) is 10.1 Å². The highest BCUT2D eigenvalue weighted by atomic mass is 19.4. The molecule has 4 nitrogen and oxygen atoms in total. The first-order valence-corrected chi connectivity index (χ1v) is 3.54. The van der Waals surface area contributed by atoms with Gasteiger partial charge in [0.25, 0.3) is 0 Å². The van der Waals surface area contributed by atoms with E-state index in [2.05, 4.69) is 0 Å². The number of rotatable bonds is 1. The fourth-order valence-electron chi connectivity index (χ4n) is 0.966. The fourth-order valence-corrected chi connectivity index (χ4v) is 0.966. The third kappa shape index (κ3) is 2.92. The third-order valence-corrected chi connectivity index (χ3v) is 1.51. The Morgan fingerprint density at radius 3 is 2.46 bits per heavy atom. The molecule has 0 saturated carbocycles. The lowest BCUT2D eigenvalue weighted by Crippen LogP contribution is -2.52. The summed E-state index contributed by atoms with van der Waals surface area (Å²) in [5.74, 6) is -0.538. The van der Waals surface area contributed by atoms with Gasteiger partial charge < -0.3 is 4.90 Å². The van der Waals surface area contributed by atoms with Crippen LogP contribution in [0.15, 0.2) is 0 Å². The van der Waals surface area contributed by atoms with Gasteiger partial charge in [0, 0.05) is 13.0 Å². The molecular formula is C6H7F3N2O2. The Morgan fingerprint density at radius 2 is 2.00 bits per heavy atom. The topological polar surface area (TPSA) is 49.4 Å². The number of carbonyl (C=O) groups is 2. The number of halogens is 3. The van der Waals surface area contributed by atoms with E-state index in [0.717, 1.165) is 0 Å². The molecule has 0 aromatic carbocycles. The molecule has 1 fully saturated rings. The van der Waals surface area contributed by atoms with Crippen LogP contribution in [0.2, 0.25) is 0 Å². The second-order valence-electron chi connectivity index (χ2n) is 2.64. The average Bonchev–Trinajstić information content (AvgIpc) is 1.93. The molecule has 1 saturated heterocycles. The number of imide groups is 1. The smallest absolute Gasteiger partial charge is 0.315 e. The molecule has 0 radical (unpaired) electrons. The lowest BCUT2D eigenvalue weighted by atomic mass is 10.3. The van der Waals surface area contributed by atoms with E-state index in [4.69, 9.17) is 0 Å².